The van der Waals surface area contributed by atoms with E-state index in [1.54, 1.807) is 5.57 Å². The SMILES string of the molecule is CCCC1=Cc2c(cccc2-c2cc3ccccc3c3ccccc23)C1. The van der Waals surface area contributed by atoms with Crippen LogP contribution in [0.5, 0.6) is 0 Å². The number of rotatable bonds is 3. The van der Waals surface area contributed by atoms with E-state index in [4.69, 9.17) is 0 Å². The molecule has 0 unspecified atom stereocenters. The molecular weight excluding hydrogens is 312 g/mol. The molecule has 0 bridgehead atoms. The lowest BCUT2D eigenvalue weighted by atomic mass is 9.90. The molecule has 0 nitrogen and oxygen atoms in total. The quantitative estimate of drug-likeness (QED) is 0.342. The first-order valence-electron chi connectivity index (χ1n) is 9.57. The van der Waals surface area contributed by atoms with E-state index in [1.165, 1.54) is 56.6 Å². The fourth-order valence-electron chi connectivity index (χ4n) is 4.43. The molecule has 0 amide bonds. The van der Waals surface area contributed by atoms with Crippen molar-refractivity contribution in [3.63, 3.8) is 0 Å². The van der Waals surface area contributed by atoms with Crippen molar-refractivity contribution in [2.24, 2.45) is 0 Å². The Hall–Kier alpha value is -2.86. The molecule has 5 rings (SSSR count). The van der Waals surface area contributed by atoms with Gasteiger partial charge in [0.05, 0.1) is 0 Å². The number of allylic oxidation sites excluding steroid dienone is 1. The van der Waals surface area contributed by atoms with Crippen molar-refractivity contribution in [3.8, 4) is 11.1 Å². The largest absolute Gasteiger partial charge is 0.0652 e. The van der Waals surface area contributed by atoms with Gasteiger partial charge < -0.3 is 0 Å². The van der Waals surface area contributed by atoms with E-state index in [2.05, 4.69) is 85.8 Å². The van der Waals surface area contributed by atoms with Gasteiger partial charge in [0.25, 0.3) is 0 Å². The number of fused-ring (bicyclic) bond motifs is 4. The van der Waals surface area contributed by atoms with Crippen molar-refractivity contribution in [3.05, 3.63) is 89.5 Å². The van der Waals surface area contributed by atoms with Crippen molar-refractivity contribution >= 4 is 27.6 Å². The molecule has 4 aromatic carbocycles. The van der Waals surface area contributed by atoms with Crippen LogP contribution < -0.4 is 0 Å². The van der Waals surface area contributed by atoms with Crippen LogP contribution >= 0.6 is 0 Å². The standard InChI is InChI=1S/C26H22/c1-2-8-18-15-19-10-7-14-24(25(19)16-18)26-17-20-9-3-4-11-21(20)22-12-5-6-13-23(22)26/h3-7,9-14,16-17H,2,8,15H2,1H3. The Labute approximate surface area is 154 Å². The van der Waals surface area contributed by atoms with Gasteiger partial charge in [0, 0.05) is 0 Å². The maximum Gasteiger partial charge on any atom is -0.00576 e. The molecule has 0 aliphatic heterocycles. The second-order valence-electron chi connectivity index (χ2n) is 7.30. The Morgan fingerprint density at radius 1 is 0.731 bits per heavy atom. The highest BCUT2D eigenvalue weighted by Gasteiger charge is 2.18. The summed E-state index contributed by atoms with van der Waals surface area (Å²) < 4.78 is 0. The molecule has 0 heterocycles. The monoisotopic (exact) mass is 334 g/mol. The van der Waals surface area contributed by atoms with Gasteiger partial charge in [-0.1, -0.05) is 91.7 Å². The van der Waals surface area contributed by atoms with Crippen LogP contribution in [0.2, 0.25) is 0 Å². The first-order chi connectivity index (χ1) is 12.8. The van der Waals surface area contributed by atoms with E-state index in [9.17, 15) is 0 Å². The van der Waals surface area contributed by atoms with Crippen molar-refractivity contribution in [1.82, 2.24) is 0 Å². The lowest BCUT2D eigenvalue weighted by Crippen LogP contribution is -1.90. The van der Waals surface area contributed by atoms with Crippen LogP contribution in [-0.2, 0) is 6.42 Å². The minimum atomic E-state index is 1.11. The van der Waals surface area contributed by atoms with Crippen molar-refractivity contribution in [2.75, 3.05) is 0 Å². The zero-order chi connectivity index (χ0) is 17.5. The Balaban J connectivity index is 1.82. The lowest BCUT2D eigenvalue weighted by Gasteiger charge is -2.13. The van der Waals surface area contributed by atoms with Gasteiger partial charge in [0.1, 0.15) is 0 Å². The van der Waals surface area contributed by atoms with Gasteiger partial charge in [0.15, 0.2) is 0 Å². The van der Waals surface area contributed by atoms with E-state index in [0.717, 1.165) is 6.42 Å². The molecule has 0 spiro atoms. The van der Waals surface area contributed by atoms with Crippen LogP contribution in [0.1, 0.15) is 30.9 Å². The summed E-state index contributed by atoms with van der Waals surface area (Å²) in [4.78, 5) is 0. The van der Waals surface area contributed by atoms with Crippen molar-refractivity contribution < 1.29 is 0 Å². The minimum absolute atomic E-state index is 1.11. The predicted molar refractivity (Wildman–Crippen MR) is 113 cm³/mol. The topological polar surface area (TPSA) is 0 Å². The Morgan fingerprint density at radius 3 is 2.35 bits per heavy atom. The van der Waals surface area contributed by atoms with E-state index in [1.807, 2.05) is 0 Å². The summed E-state index contributed by atoms with van der Waals surface area (Å²) in [5.74, 6) is 0. The van der Waals surface area contributed by atoms with E-state index < -0.39 is 0 Å². The number of benzene rings is 4. The molecule has 0 saturated carbocycles. The van der Waals surface area contributed by atoms with Crippen LogP contribution in [-0.4, -0.2) is 0 Å². The minimum Gasteiger partial charge on any atom is -0.0652 e. The fourth-order valence-corrected chi connectivity index (χ4v) is 4.43. The van der Waals surface area contributed by atoms with Crippen molar-refractivity contribution in [1.29, 1.82) is 0 Å². The van der Waals surface area contributed by atoms with Crippen LogP contribution in [0.3, 0.4) is 0 Å². The Kier molecular flexibility index (Phi) is 3.64. The molecule has 1 aliphatic rings. The summed E-state index contributed by atoms with van der Waals surface area (Å²) in [6.07, 6.45) is 5.97. The molecule has 26 heavy (non-hydrogen) atoms. The van der Waals surface area contributed by atoms with Crippen molar-refractivity contribution in [2.45, 2.75) is 26.2 Å². The number of hydrogen-bond acceptors (Lipinski definition) is 0. The molecule has 0 N–H and O–H groups in total. The summed E-state index contributed by atoms with van der Waals surface area (Å²) in [6.45, 7) is 2.27. The third kappa shape index (κ3) is 2.37. The van der Waals surface area contributed by atoms with Gasteiger partial charge in [-0.25, -0.2) is 0 Å². The zero-order valence-electron chi connectivity index (χ0n) is 15.1. The first kappa shape index (κ1) is 15.4. The predicted octanol–water partition coefficient (Wildman–Crippen LogP) is 7.40. The average Bonchev–Trinajstić information content (AvgIpc) is 3.10. The van der Waals surface area contributed by atoms with Gasteiger partial charge >= 0.3 is 0 Å². The molecule has 0 saturated heterocycles. The average molecular weight is 334 g/mol. The number of hydrogen-bond donors (Lipinski definition) is 0. The van der Waals surface area contributed by atoms with Gasteiger partial charge in [0.2, 0.25) is 0 Å². The molecule has 0 heteroatoms. The highest BCUT2D eigenvalue weighted by molar-refractivity contribution is 6.14. The highest BCUT2D eigenvalue weighted by atomic mass is 14.2. The molecular formula is C26H22. The fraction of sp³-hybridized carbons (Fsp3) is 0.154. The van der Waals surface area contributed by atoms with Crippen LogP contribution in [0, 0.1) is 0 Å². The summed E-state index contributed by atoms with van der Waals surface area (Å²) in [6, 6.07) is 26.7. The molecule has 126 valence electrons. The van der Waals surface area contributed by atoms with Crippen LogP contribution in [0.25, 0.3) is 38.7 Å². The van der Waals surface area contributed by atoms with Crippen LogP contribution in [0.4, 0.5) is 0 Å². The molecule has 0 fully saturated rings. The Morgan fingerprint density at radius 2 is 1.50 bits per heavy atom. The maximum atomic E-state index is 2.44. The Bertz CT molecular complexity index is 1160. The third-order valence-electron chi connectivity index (χ3n) is 5.59. The van der Waals surface area contributed by atoms with E-state index >= 15 is 0 Å². The molecule has 0 atom stereocenters. The molecule has 0 aromatic heterocycles. The van der Waals surface area contributed by atoms with E-state index in [-0.39, 0.29) is 0 Å². The molecule has 4 aromatic rings. The van der Waals surface area contributed by atoms with Crippen LogP contribution in [0.15, 0.2) is 78.4 Å². The summed E-state index contributed by atoms with van der Waals surface area (Å²) in [5.41, 5.74) is 7.19. The third-order valence-corrected chi connectivity index (χ3v) is 5.59. The zero-order valence-corrected chi connectivity index (χ0v) is 15.1. The van der Waals surface area contributed by atoms with Gasteiger partial charge in [-0.3, -0.25) is 0 Å². The second-order valence-corrected chi connectivity index (χ2v) is 7.30. The summed E-state index contributed by atoms with van der Waals surface area (Å²) in [7, 11) is 0. The summed E-state index contributed by atoms with van der Waals surface area (Å²) >= 11 is 0. The van der Waals surface area contributed by atoms with Gasteiger partial charge in [-0.05, 0) is 62.7 Å². The smallest absolute Gasteiger partial charge is 0.00576 e. The molecule has 0 radical (unpaired) electrons. The summed E-state index contributed by atoms with van der Waals surface area (Å²) in [5, 5.41) is 5.34. The highest BCUT2D eigenvalue weighted by Crippen LogP contribution is 2.40. The maximum absolute atomic E-state index is 2.44. The lowest BCUT2D eigenvalue weighted by molar-refractivity contribution is 0.886. The van der Waals surface area contributed by atoms with E-state index in [0.29, 0.717) is 0 Å². The molecule has 1 aliphatic carbocycles. The second kappa shape index (κ2) is 6.14. The normalized spacial score (nSPS) is 13.2. The van der Waals surface area contributed by atoms with Gasteiger partial charge in [-0.15, -0.1) is 0 Å². The van der Waals surface area contributed by atoms with Gasteiger partial charge in [-0.2, -0.15) is 0 Å². The first-order valence-corrected chi connectivity index (χ1v) is 9.57.